The minimum absolute atomic E-state index is 0.0662. The first-order chi connectivity index (χ1) is 23.0. The van der Waals surface area contributed by atoms with Gasteiger partial charge in [0.05, 0.1) is 12.2 Å². The van der Waals surface area contributed by atoms with Gasteiger partial charge in [-0.3, -0.25) is 9.52 Å². The molecule has 0 aromatic carbocycles. The zero-order chi connectivity index (χ0) is 35.9. The van der Waals surface area contributed by atoms with E-state index < -0.39 is 5.60 Å². The Morgan fingerprint density at radius 3 is 2.49 bits per heavy atom. The summed E-state index contributed by atoms with van der Waals surface area (Å²) < 4.78 is 16.0. The van der Waals surface area contributed by atoms with E-state index in [1.807, 2.05) is 43.9 Å². The van der Waals surface area contributed by atoms with E-state index in [0.29, 0.717) is 53.5 Å². The molecule has 49 heavy (non-hydrogen) atoms. The highest BCUT2D eigenvalue weighted by molar-refractivity contribution is 7.97. The molecule has 1 unspecified atom stereocenters. The van der Waals surface area contributed by atoms with E-state index in [9.17, 15) is 9.59 Å². The summed E-state index contributed by atoms with van der Waals surface area (Å²) >= 11 is 7.55. The lowest BCUT2D eigenvalue weighted by molar-refractivity contribution is 0.0130. The minimum atomic E-state index is -0.513. The number of aromatic nitrogens is 4. The standard InChI is InChI=1S/C36H52ClN7O4S/c1-23(2)27(24(3)4)22-47-30-17-19-44(41-30)29-16-15-26(32(37)40-29)33(45)42-49-31-14-10-13-28(39-31)38-18-11-12-25-20-36(8,9)43(21-25)34(46)48-35(5,6)7/h10,13-17,19,23-25,27H,11-12,18,20-22H2,1-9H3,(H,38,39)(H,42,45). The van der Waals surface area contributed by atoms with Gasteiger partial charge in [-0.15, -0.1) is 5.10 Å². The molecule has 11 nitrogen and oxygen atoms in total. The normalized spacial score (nSPS) is 16.0. The van der Waals surface area contributed by atoms with Crippen LogP contribution in [0.2, 0.25) is 5.15 Å². The van der Waals surface area contributed by atoms with Crippen molar-refractivity contribution in [2.24, 2.45) is 23.7 Å². The summed E-state index contributed by atoms with van der Waals surface area (Å²) in [5, 5.41) is 8.55. The van der Waals surface area contributed by atoms with E-state index in [0.717, 1.165) is 43.6 Å². The summed E-state index contributed by atoms with van der Waals surface area (Å²) in [5.74, 6) is 3.16. The minimum Gasteiger partial charge on any atom is -0.476 e. The third kappa shape index (κ3) is 11.0. The Morgan fingerprint density at radius 1 is 1.08 bits per heavy atom. The van der Waals surface area contributed by atoms with Crippen molar-refractivity contribution in [1.82, 2.24) is 29.4 Å². The smallest absolute Gasteiger partial charge is 0.410 e. The van der Waals surface area contributed by atoms with Gasteiger partial charge in [-0.1, -0.05) is 45.4 Å². The van der Waals surface area contributed by atoms with Crippen molar-refractivity contribution >= 4 is 41.4 Å². The number of likely N-dealkylation sites (tertiary alicyclic amines) is 1. The van der Waals surface area contributed by atoms with E-state index in [1.165, 1.54) is 0 Å². The lowest BCUT2D eigenvalue weighted by atomic mass is 9.86. The van der Waals surface area contributed by atoms with Gasteiger partial charge in [-0.2, -0.15) is 0 Å². The molecular formula is C36H52ClN7O4S. The number of nitrogens with zero attached hydrogens (tertiary/aromatic N) is 5. The fourth-order valence-electron chi connectivity index (χ4n) is 6.12. The monoisotopic (exact) mass is 713 g/mol. The van der Waals surface area contributed by atoms with Crippen molar-refractivity contribution in [2.45, 2.75) is 97.7 Å². The SMILES string of the molecule is CC(C)C(COc1ccn(-c2ccc(C(=O)NSc3cccc(NCCCC4CN(C(=O)OC(C)(C)C)C(C)(C)C4)n3)c(Cl)n2)n1)C(C)C. The number of amides is 2. The number of ether oxygens (including phenoxy) is 2. The predicted molar refractivity (Wildman–Crippen MR) is 195 cm³/mol. The van der Waals surface area contributed by atoms with Crippen LogP contribution in [0.1, 0.15) is 91.9 Å². The number of nitrogens with one attached hydrogen (secondary N) is 2. The number of pyridine rings is 2. The highest BCUT2D eigenvalue weighted by Gasteiger charge is 2.42. The summed E-state index contributed by atoms with van der Waals surface area (Å²) in [6.07, 6.45) is 4.37. The summed E-state index contributed by atoms with van der Waals surface area (Å²) in [6, 6.07) is 10.7. The Labute approximate surface area is 300 Å². The molecule has 4 rings (SSSR count). The van der Waals surface area contributed by atoms with E-state index in [1.54, 1.807) is 29.1 Å². The Morgan fingerprint density at radius 2 is 1.82 bits per heavy atom. The van der Waals surface area contributed by atoms with E-state index in [2.05, 4.69) is 66.6 Å². The number of carbonyl (C=O) groups excluding carboxylic acids is 2. The highest BCUT2D eigenvalue weighted by Crippen LogP contribution is 2.36. The van der Waals surface area contributed by atoms with Crippen LogP contribution in [-0.4, -0.2) is 67.5 Å². The van der Waals surface area contributed by atoms with Gasteiger partial charge in [-0.05, 0) is 102 Å². The van der Waals surface area contributed by atoms with Crippen LogP contribution in [0.5, 0.6) is 5.88 Å². The van der Waals surface area contributed by atoms with Gasteiger partial charge in [0, 0.05) is 42.8 Å². The average molecular weight is 714 g/mol. The topological polar surface area (TPSA) is 124 Å². The summed E-state index contributed by atoms with van der Waals surface area (Å²) in [4.78, 5) is 36.6. The fourth-order valence-corrected chi connectivity index (χ4v) is 6.95. The first kappa shape index (κ1) is 38.3. The molecule has 1 saturated heterocycles. The molecular weight excluding hydrogens is 662 g/mol. The Kier molecular flexibility index (Phi) is 12.9. The second kappa shape index (κ2) is 16.5. The van der Waals surface area contributed by atoms with E-state index in [4.69, 9.17) is 21.1 Å². The van der Waals surface area contributed by atoms with Gasteiger partial charge in [0.15, 0.2) is 5.82 Å². The van der Waals surface area contributed by atoms with E-state index >= 15 is 0 Å². The van der Waals surface area contributed by atoms with Crippen LogP contribution < -0.4 is 14.8 Å². The molecule has 2 N–H and O–H groups in total. The molecule has 4 heterocycles. The van der Waals surface area contributed by atoms with Crippen LogP contribution in [0.15, 0.2) is 47.6 Å². The molecule has 3 aromatic rings. The van der Waals surface area contributed by atoms with Crippen LogP contribution in [0.4, 0.5) is 10.6 Å². The number of hydrogen-bond acceptors (Lipinski definition) is 9. The van der Waals surface area contributed by atoms with Gasteiger partial charge in [0.1, 0.15) is 21.6 Å². The molecule has 268 valence electrons. The van der Waals surface area contributed by atoms with Crippen molar-refractivity contribution in [3.63, 3.8) is 0 Å². The van der Waals surface area contributed by atoms with Crippen molar-refractivity contribution in [3.05, 3.63) is 53.3 Å². The lowest BCUT2D eigenvalue weighted by Crippen LogP contribution is -2.45. The molecule has 0 saturated carbocycles. The second-order valence-electron chi connectivity index (χ2n) is 15.0. The Hall–Kier alpha value is -3.51. The van der Waals surface area contributed by atoms with E-state index in [-0.39, 0.29) is 28.3 Å². The molecule has 0 bridgehead atoms. The summed E-state index contributed by atoms with van der Waals surface area (Å²) in [6.45, 7) is 20.7. The van der Waals surface area contributed by atoms with Crippen LogP contribution in [0.3, 0.4) is 0 Å². The maximum absolute atomic E-state index is 13.0. The number of halogens is 1. The Bertz CT molecular complexity index is 1560. The number of rotatable bonds is 14. The fraction of sp³-hybridized carbons (Fsp3) is 0.583. The lowest BCUT2D eigenvalue weighted by Gasteiger charge is -2.33. The molecule has 1 fully saturated rings. The van der Waals surface area contributed by atoms with Gasteiger partial charge < -0.3 is 19.7 Å². The van der Waals surface area contributed by atoms with Crippen LogP contribution in [0.25, 0.3) is 5.82 Å². The van der Waals surface area contributed by atoms with Crippen molar-refractivity contribution in [2.75, 3.05) is 25.0 Å². The molecule has 13 heteroatoms. The molecule has 0 aliphatic carbocycles. The highest BCUT2D eigenvalue weighted by atomic mass is 35.5. The quantitative estimate of drug-likeness (QED) is 0.0965. The molecule has 1 aliphatic heterocycles. The number of anilines is 1. The molecule has 1 aliphatic rings. The van der Waals surface area contributed by atoms with Crippen molar-refractivity contribution < 1.29 is 19.1 Å². The van der Waals surface area contributed by atoms with Crippen LogP contribution in [0, 0.1) is 23.7 Å². The molecule has 2 amide bonds. The van der Waals surface area contributed by atoms with Gasteiger partial charge in [-0.25, -0.2) is 19.4 Å². The predicted octanol–water partition coefficient (Wildman–Crippen LogP) is 8.29. The first-order valence-corrected chi connectivity index (χ1v) is 18.3. The Balaban J connectivity index is 1.23. The average Bonchev–Trinajstić information content (AvgIpc) is 3.60. The van der Waals surface area contributed by atoms with Crippen molar-refractivity contribution in [3.8, 4) is 11.7 Å². The molecule has 0 spiro atoms. The largest absolute Gasteiger partial charge is 0.476 e. The third-order valence-corrected chi connectivity index (χ3v) is 9.67. The maximum Gasteiger partial charge on any atom is 0.410 e. The summed E-state index contributed by atoms with van der Waals surface area (Å²) in [7, 11) is 0. The van der Waals surface area contributed by atoms with Gasteiger partial charge in [0.25, 0.3) is 5.91 Å². The second-order valence-corrected chi connectivity index (χ2v) is 16.2. The summed E-state index contributed by atoms with van der Waals surface area (Å²) in [5.41, 5.74) is -0.502. The molecule has 1 atom stereocenters. The third-order valence-electron chi connectivity index (χ3n) is 8.65. The molecule has 3 aromatic heterocycles. The zero-order valence-corrected chi connectivity index (χ0v) is 31.8. The van der Waals surface area contributed by atoms with Gasteiger partial charge in [0.2, 0.25) is 5.88 Å². The first-order valence-electron chi connectivity index (χ1n) is 17.1. The van der Waals surface area contributed by atoms with Crippen LogP contribution in [-0.2, 0) is 4.74 Å². The molecule has 0 radical (unpaired) electrons. The van der Waals surface area contributed by atoms with Gasteiger partial charge >= 0.3 is 6.09 Å². The van der Waals surface area contributed by atoms with Crippen LogP contribution >= 0.6 is 23.5 Å². The zero-order valence-electron chi connectivity index (χ0n) is 30.2. The maximum atomic E-state index is 13.0. The number of hydrogen-bond donors (Lipinski definition) is 2. The number of carbonyl (C=O) groups is 2. The van der Waals surface area contributed by atoms with Crippen molar-refractivity contribution in [1.29, 1.82) is 0 Å².